The van der Waals surface area contributed by atoms with E-state index in [1.54, 1.807) is 25.1 Å². The SMILES string of the molecule is CC[C@H]1SC2=NC(C)=C(C(=O)OCCOC)[C@@H](c3ccccc3[N+](=O)[O-])N2C1=O. The molecule has 0 radical (unpaired) electrons. The standard InChI is InChI=1S/C19H21N3O6S/c1-4-14-17(23)21-16(12-7-5-6-8-13(12)22(25)26)15(11(2)20-19(21)29-14)18(24)28-10-9-27-3/h5-8,14,16H,4,9-10H2,1-3H3/t14-,16-/m1/s1. The number of amidine groups is 1. The van der Waals surface area contributed by atoms with Crippen LogP contribution in [0.5, 0.6) is 0 Å². The summed E-state index contributed by atoms with van der Waals surface area (Å²) in [5.41, 5.74) is 0.559. The Kier molecular flexibility index (Phi) is 6.33. The van der Waals surface area contributed by atoms with Gasteiger partial charge in [-0.3, -0.25) is 19.8 Å². The van der Waals surface area contributed by atoms with Gasteiger partial charge in [0, 0.05) is 13.2 Å². The molecule has 1 fully saturated rings. The van der Waals surface area contributed by atoms with Crippen molar-refractivity contribution in [1.29, 1.82) is 0 Å². The first-order valence-corrected chi connectivity index (χ1v) is 9.97. The molecule has 1 saturated heterocycles. The Hall–Kier alpha value is -2.72. The van der Waals surface area contributed by atoms with Crippen LogP contribution < -0.4 is 0 Å². The molecule has 0 unspecified atom stereocenters. The number of esters is 1. The molecule has 9 nitrogen and oxygen atoms in total. The van der Waals surface area contributed by atoms with Crippen LogP contribution in [0.4, 0.5) is 5.69 Å². The number of nitro groups is 1. The highest BCUT2D eigenvalue weighted by atomic mass is 32.2. The number of aliphatic imine (C=N–C) groups is 1. The van der Waals surface area contributed by atoms with Crippen molar-refractivity contribution < 1.29 is 24.0 Å². The summed E-state index contributed by atoms with van der Waals surface area (Å²) in [5.74, 6) is -0.905. The van der Waals surface area contributed by atoms with Gasteiger partial charge in [-0.05, 0) is 19.4 Å². The maximum absolute atomic E-state index is 13.0. The lowest BCUT2D eigenvalue weighted by molar-refractivity contribution is -0.385. The summed E-state index contributed by atoms with van der Waals surface area (Å²) in [7, 11) is 1.48. The fourth-order valence-electron chi connectivity index (χ4n) is 3.32. The van der Waals surface area contributed by atoms with Crippen molar-refractivity contribution in [3.05, 3.63) is 51.2 Å². The highest BCUT2D eigenvalue weighted by Crippen LogP contribution is 2.45. The third-order valence-corrected chi connectivity index (χ3v) is 6.01. The summed E-state index contributed by atoms with van der Waals surface area (Å²) in [5, 5.41) is 11.7. The molecule has 0 saturated carbocycles. The van der Waals surface area contributed by atoms with Gasteiger partial charge in [0.1, 0.15) is 12.6 Å². The van der Waals surface area contributed by atoms with E-state index < -0.39 is 16.9 Å². The first-order valence-electron chi connectivity index (χ1n) is 9.09. The number of hydrogen-bond donors (Lipinski definition) is 0. The second-order valence-corrected chi connectivity index (χ2v) is 7.63. The first-order chi connectivity index (χ1) is 13.9. The molecule has 0 N–H and O–H groups in total. The molecule has 0 aliphatic carbocycles. The van der Waals surface area contributed by atoms with E-state index in [2.05, 4.69) is 4.99 Å². The smallest absolute Gasteiger partial charge is 0.338 e. The summed E-state index contributed by atoms with van der Waals surface area (Å²) in [4.78, 5) is 42.9. The minimum Gasteiger partial charge on any atom is -0.460 e. The average molecular weight is 419 g/mol. The quantitative estimate of drug-likeness (QED) is 0.289. The van der Waals surface area contributed by atoms with Gasteiger partial charge in [-0.15, -0.1) is 0 Å². The van der Waals surface area contributed by atoms with Crippen molar-refractivity contribution in [2.24, 2.45) is 4.99 Å². The zero-order valence-corrected chi connectivity index (χ0v) is 17.1. The second kappa shape index (κ2) is 8.75. The van der Waals surface area contributed by atoms with Crippen LogP contribution in [0.15, 0.2) is 40.5 Å². The molecule has 0 bridgehead atoms. The largest absolute Gasteiger partial charge is 0.460 e. The van der Waals surface area contributed by atoms with E-state index in [0.717, 1.165) is 0 Å². The van der Waals surface area contributed by atoms with Gasteiger partial charge in [0.05, 0.1) is 33.6 Å². The third-order valence-electron chi connectivity index (χ3n) is 4.69. The van der Waals surface area contributed by atoms with Crippen LogP contribution in [-0.2, 0) is 19.1 Å². The number of ether oxygens (including phenoxy) is 2. The lowest BCUT2D eigenvalue weighted by Gasteiger charge is -2.32. The zero-order chi connectivity index (χ0) is 21.1. The first kappa shape index (κ1) is 21.0. The Morgan fingerprint density at radius 3 is 2.72 bits per heavy atom. The summed E-state index contributed by atoms with van der Waals surface area (Å²) in [6.45, 7) is 3.75. The normalized spacial score (nSPS) is 21.1. The number of methoxy groups -OCH3 is 1. The fourth-order valence-corrected chi connectivity index (χ4v) is 4.46. The molecule has 2 atom stereocenters. The number of fused-ring (bicyclic) bond motifs is 1. The van der Waals surface area contributed by atoms with Crippen molar-refractivity contribution >= 4 is 34.5 Å². The molecule has 2 aliphatic heterocycles. The van der Waals surface area contributed by atoms with Crippen LogP contribution in [0.2, 0.25) is 0 Å². The topological polar surface area (TPSA) is 111 Å². The highest BCUT2D eigenvalue weighted by Gasteiger charge is 2.48. The van der Waals surface area contributed by atoms with Crippen molar-refractivity contribution in [2.75, 3.05) is 20.3 Å². The highest BCUT2D eigenvalue weighted by molar-refractivity contribution is 8.15. The molecule has 1 aromatic rings. The number of hydrogen-bond acceptors (Lipinski definition) is 8. The van der Waals surface area contributed by atoms with Gasteiger partial charge in [0.2, 0.25) is 5.91 Å². The number of amides is 1. The summed E-state index contributed by atoms with van der Waals surface area (Å²) in [6.07, 6.45) is 0.579. The Bertz CT molecular complexity index is 913. The second-order valence-electron chi connectivity index (χ2n) is 6.46. The van der Waals surface area contributed by atoms with E-state index in [9.17, 15) is 19.7 Å². The maximum Gasteiger partial charge on any atom is 0.338 e. The summed E-state index contributed by atoms with van der Waals surface area (Å²) >= 11 is 1.30. The molecule has 0 aromatic heterocycles. The van der Waals surface area contributed by atoms with Gasteiger partial charge in [0.25, 0.3) is 5.69 Å². The van der Waals surface area contributed by atoms with E-state index in [4.69, 9.17) is 9.47 Å². The minimum atomic E-state index is -0.976. The number of carbonyl (C=O) groups excluding carboxylic acids is 2. The summed E-state index contributed by atoms with van der Waals surface area (Å²) in [6, 6.07) is 5.12. The number of nitrogens with zero attached hydrogens (tertiary/aromatic N) is 3. The number of para-hydroxylation sites is 1. The molecule has 1 amide bonds. The van der Waals surface area contributed by atoms with E-state index in [1.807, 2.05) is 6.92 Å². The predicted molar refractivity (Wildman–Crippen MR) is 107 cm³/mol. The van der Waals surface area contributed by atoms with Crippen molar-refractivity contribution in [2.45, 2.75) is 31.6 Å². The lowest BCUT2D eigenvalue weighted by atomic mass is 9.93. The van der Waals surface area contributed by atoms with Crippen molar-refractivity contribution in [3.8, 4) is 0 Å². The van der Waals surface area contributed by atoms with Gasteiger partial charge in [0.15, 0.2) is 5.17 Å². The van der Waals surface area contributed by atoms with Crippen LogP contribution in [0, 0.1) is 10.1 Å². The predicted octanol–water partition coefficient (Wildman–Crippen LogP) is 2.82. The zero-order valence-electron chi connectivity index (χ0n) is 16.3. The molecule has 2 heterocycles. The maximum atomic E-state index is 13.0. The summed E-state index contributed by atoms with van der Waals surface area (Å²) < 4.78 is 10.2. The van der Waals surface area contributed by atoms with Crippen LogP contribution in [0.3, 0.4) is 0 Å². The Balaban J connectivity index is 2.13. The van der Waals surface area contributed by atoms with Gasteiger partial charge >= 0.3 is 5.97 Å². The minimum absolute atomic E-state index is 0.0204. The molecule has 1 aromatic carbocycles. The van der Waals surface area contributed by atoms with Crippen LogP contribution >= 0.6 is 11.8 Å². The molecule has 2 aliphatic rings. The van der Waals surface area contributed by atoms with Gasteiger partial charge in [-0.25, -0.2) is 9.79 Å². The molecule has 154 valence electrons. The number of thioether (sulfide) groups is 1. The van der Waals surface area contributed by atoms with Crippen LogP contribution in [0.25, 0.3) is 0 Å². The van der Waals surface area contributed by atoms with E-state index in [-0.39, 0.29) is 41.2 Å². The molecule has 10 heteroatoms. The number of nitro benzene ring substituents is 1. The molecule has 0 spiro atoms. The van der Waals surface area contributed by atoms with E-state index in [0.29, 0.717) is 17.3 Å². The van der Waals surface area contributed by atoms with Crippen LogP contribution in [0.1, 0.15) is 31.9 Å². The molecular weight excluding hydrogens is 398 g/mol. The van der Waals surface area contributed by atoms with Crippen molar-refractivity contribution in [1.82, 2.24) is 4.90 Å². The number of allylic oxidation sites excluding steroid dienone is 1. The van der Waals surface area contributed by atoms with Gasteiger partial charge in [-0.1, -0.05) is 30.8 Å². The number of rotatable bonds is 7. The molecule has 29 heavy (non-hydrogen) atoms. The number of benzene rings is 1. The van der Waals surface area contributed by atoms with Crippen molar-refractivity contribution in [3.63, 3.8) is 0 Å². The Morgan fingerprint density at radius 2 is 2.07 bits per heavy atom. The average Bonchev–Trinajstić information content (AvgIpc) is 3.02. The molecular formula is C19H21N3O6S. The third kappa shape index (κ3) is 3.90. The van der Waals surface area contributed by atoms with E-state index >= 15 is 0 Å². The van der Waals surface area contributed by atoms with E-state index in [1.165, 1.54) is 29.8 Å². The number of carbonyl (C=O) groups is 2. The molecule has 3 rings (SSSR count). The van der Waals surface area contributed by atoms with Crippen LogP contribution in [-0.4, -0.2) is 52.4 Å². The van der Waals surface area contributed by atoms with Gasteiger partial charge in [-0.2, -0.15) is 0 Å². The Labute approximate surface area is 171 Å². The van der Waals surface area contributed by atoms with Gasteiger partial charge < -0.3 is 9.47 Å². The fraction of sp³-hybridized carbons (Fsp3) is 0.421. The Morgan fingerprint density at radius 1 is 1.34 bits per heavy atom. The lowest BCUT2D eigenvalue weighted by Crippen LogP contribution is -2.41. The monoisotopic (exact) mass is 419 g/mol.